The van der Waals surface area contributed by atoms with Gasteiger partial charge in [0.25, 0.3) is 0 Å². The monoisotopic (exact) mass is 280 g/mol. The second-order valence-corrected chi connectivity index (χ2v) is 5.39. The lowest BCUT2D eigenvalue weighted by Gasteiger charge is -2.21. The molecular weight excluding hydrogens is 256 g/mol. The molecule has 0 fully saturated rings. The molecule has 0 saturated heterocycles. The number of rotatable bonds is 6. The first-order chi connectivity index (χ1) is 9.42. The number of ether oxygens (including phenoxy) is 2. The summed E-state index contributed by atoms with van der Waals surface area (Å²) in [6.07, 6.45) is 1.69. The van der Waals surface area contributed by atoms with Crippen LogP contribution in [0.3, 0.4) is 0 Å². The van der Waals surface area contributed by atoms with Crippen LogP contribution in [0.5, 0.6) is 5.88 Å². The Morgan fingerprint density at radius 3 is 2.80 bits per heavy atom. The second kappa shape index (κ2) is 7.69. The first kappa shape index (κ1) is 16.2. The van der Waals surface area contributed by atoms with Crippen LogP contribution in [-0.2, 0) is 11.3 Å². The summed E-state index contributed by atoms with van der Waals surface area (Å²) < 4.78 is 10.5. The van der Waals surface area contributed by atoms with Crippen molar-refractivity contribution in [2.75, 3.05) is 20.3 Å². The van der Waals surface area contributed by atoms with Gasteiger partial charge in [-0.3, -0.25) is 0 Å². The lowest BCUT2D eigenvalue weighted by Crippen LogP contribution is -2.44. The molecule has 1 heterocycles. The highest BCUT2D eigenvalue weighted by Gasteiger charge is 2.10. The molecule has 6 nitrogen and oxygen atoms in total. The topological polar surface area (TPSA) is 81.8 Å². The quantitative estimate of drug-likeness (QED) is 0.466. The summed E-state index contributed by atoms with van der Waals surface area (Å²) in [5, 5.41) is 3.11. The van der Waals surface area contributed by atoms with E-state index in [0.717, 1.165) is 5.56 Å². The molecule has 20 heavy (non-hydrogen) atoms. The van der Waals surface area contributed by atoms with Gasteiger partial charge in [0.05, 0.1) is 13.2 Å². The highest BCUT2D eigenvalue weighted by atomic mass is 16.5. The van der Waals surface area contributed by atoms with E-state index in [0.29, 0.717) is 31.6 Å². The smallest absolute Gasteiger partial charge is 0.218 e. The lowest BCUT2D eigenvalue weighted by molar-refractivity contribution is 0.143. The second-order valence-electron chi connectivity index (χ2n) is 5.39. The Labute approximate surface area is 120 Å². The summed E-state index contributed by atoms with van der Waals surface area (Å²) in [4.78, 5) is 8.50. The van der Waals surface area contributed by atoms with E-state index >= 15 is 0 Å². The van der Waals surface area contributed by atoms with Crippen LogP contribution < -0.4 is 15.8 Å². The van der Waals surface area contributed by atoms with Crippen LogP contribution in [0.2, 0.25) is 0 Å². The molecule has 1 aromatic heterocycles. The molecule has 3 N–H and O–H groups in total. The number of nitrogens with two attached hydrogens (primary N) is 1. The number of nitrogens with one attached hydrogen (secondary N) is 1. The number of nitrogens with zero attached hydrogens (tertiary/aromatic N) is 2. The third-order valence-electron chi connectivity index (χ3n) is 2.30. The molecule has 1 aromatic rings. The van der Waals surface area contributed by atoms with Gasteiger partial charge >= 0.3 is 0 Å². The zero-order chi connectivity index (χ0) is 15.0. The van der Waals surface area contributed by atoms with Crippen molar-refractivity contribution in [1.29, 1.82) is 0 Å². The van der Waals surface area contributed by atoms with Crippen LogP contribution >= 0.6 is 0 Å². The highest BCUT2D eigenvalue weighted by Crippen LogP contribution is 2.15. The Bertz CT molecular complexity index is 441. The Morgan fingerprint density at radius 2 is 2.15 bits per heavy atom. The SMILES string of the molecule is COCCOc1ncccc1CN=C(N)NC(C)(C)C. The number of guanidine groups is 1. The molecule has 0 saturated carbocycles. The van der Waals surface area contributed by atoms with Crippen molar-refractivity contribution >= 4 is 5.96 Å². The minimum absolute atomic E-state index is 0.111. The first-order valence-electron chi connectivity index (χ1n) is 6.56. The predicted molar refractivity (Wildman–Crippen MR) is 79.8 cm³/mol. The highest BCUT2D eigenvalue weighted by molar-refractivity contribution is 5.78. The average molecular weight is 280 g/mol. The zero-order valence-electron chi connectivity index (χ0n) is 12.6. The fraction of sp³-hybridized carbons (Fsp3) is 0.571. The van der Waals surface area contributed by atoms with Crippen molar-refractivity contribution in [3.8, 4) is 5.88 Å². The summed E-state index contributed by atoms with van der Waals surface area (Å²) in [6.45, 7) is 7.48. The normalized spacial score (nSPS) is 12.3. The van der Waals surface area contributed by atoms with E-state index in [4.69, 9.17) is 15.2 Å². The Balaban J connectivity index is 2.65. The number of hydrogen-bond donors (Lipinski definition) is 2. The summed E-state index contributed by atoms with van der Waals surface area (Å²) >= 11 is 0. The summed E-state index contributed by atoms with van der Waals surface area (Å²) in [5.74, 6) is 0.973. The van der Waals surface area contributed by atoms with Crippen molar-refractivity contribution in [3.63, 3.8) is 0 Å². The van der Waals surface area contributed by atoms with E-state index in [2.05, 4.69) is 15.3 Å². The average Bonchev–Trinajstić information content (AvgIpc) is 2.36. The fourth-order valence-electron chi connectivity index (χ4n) is 1.49. The molecule has 6 heteroatoms. The van der Waals surface area contributed by atoms with Gasteiger partial charge in [0, 0.05) is 24.4 Å². The van der Waals surface area contributed by atoms with Crippen LogP contribution in [0, 0.1) is 0 Å². The van der Waals surface area contributed by atoms with Crippen molar-refractivity contribution in [3.05, 3.63) is 23.9 Å². The van der Waals surface area contributed by atoms with Crippen LogP contribution in [-0.4, -0.2) is 36.8 Å². The molecule has 0 aliphatic carbocycles. The van der Waals surface area contributed by atoms with Gasteiger partial charge in [0.2, 0.25) is 5.88 Å². The van der Waals surface area contributed by atoms with E-state index in [1.807, 2.05) is 32.9 Å². The van der Waals surface area contributed by atoms with Crippen molar-refractivity contribution in [2.24, 2.45) is 10.7 Å². The molecule has 0 aliphatic rings. The molecule has 0 atom stereocenters. The zero-order valence-corrected chi connectivity index (χ0v) is 12.6. The third-order valence-corrected chi connectivity index (χ3v) is 2.30. The minimum atomic E-state index is -0.111. The number of aliphatic imine (C=N–C) groups is 1. The summed E-state index contributed by atoms with van der Waals surface area (Å²) in [7, 11) is 1.63. The van der Waals surface area contributed by atoms with E-state index in [1.54, 1.807) is 13.3 Å². The van der Waals surface area contributed by atoms with Gasteiger partial charge in [0.15, 0.2) is 5.96 Å². The number of methoxy groups -OCH3 is 1. The van der Waals surface area contributed by atoms with E-state index in [-0.39, 0.29) is 5.54 Å². The van der Waals surface area contributed by atoms with Gasteiger partial charge in [0.1, 0.15) is 6.61 Å². The largest absolute Gasteiger partial charge is 0.475 e. The maximum Gasteiger partial charge on any atom is 0.218 e. The maximum absolute atomic E-state index is 5.84. The molecule has 0 radical (unpaired) electrons. The molecule has 112 valence electrons. The molecular formula is C14H24N4O2. The van der Waals surface area contributed by atoms with Gasteiger partial charge in [-0.2, -0.15) is 0 Å². The molecule has 0 amide bonds. The Kier molecular flexibility index (Phi) is 6.24. The van der Waals surface area contributed by atoms with Crippen molar-refractivity contribution in [2.45, 2.75) is 32.9 Å². The van der Waals surface area contributed by atoms with Crippen molar-refractivity contribution < 1.29 is 9.47 Å². The number of pyridine rings is 1. The van der Waals surface area contributed by atoms with Crippen LogP contribution in [0.25, 0.3) is 0 Å². The van der Waals surface area contributed by atoms with Crippen molar-refractivity contribution in [1.82, 2.24) is 10.3 Å². The lowest BCUT2D eigenvalue weighted by atomic mass is 10.1. The molecule has 0 unspecified atom stereocenters. The molecule has 1 rings (SSSR count). The van der Waals surface area contributed by atoms with Gasteiger partial charge < -0.3 is 20.5 Å². The van der Waals surface area contributed by atoms with Crippen LogP contribution in [0.4, 0.5) is 0 Å². The summed E-state index contributed by atoms with van der Waals surface area (Å²) in [5.41, 5.74) is 6.62. The number of hydrogen-bond acceptors (Lipinski definition) is 4. The molecule has 0 aromatic carbocycles. The number of aromatic nitrogens is 1. The third kappa shape index (κ3) is 6.38. The van der Waals surface area contributed by atoms with Gasteiger partial charge in [-0.15, -0.1) is 0 Å². The first-order valence-corrected chi connectivity index (χ1v) is 6.56. The maximum atomic E-state index is 5.84. The van der Waals surface area contributed by atoms with Crippen LogP contribution in [0.15, 0.2) is 23.3 Å². The van der Waals surface area contributed by atoms with Gasteiger partial charge in [-0.05, 0) is 26.8 Å². The summed E-state index contributed by atoms with van der Waals surface area (Å²) in [6, 6.07) is 3.77. The molecule has 0 aliphatic heterocycles. The van der Waals surface area contributed by atoms with E-state index in [9.17, 15) is 0 Å². The fourth-order valence-corrected chi connectivity index (χ4v) is 1.49. The van der Waals surface area contributed by atoms with Gasteiger partial charge in [-0.25, -0.2) is 9.98 Å². The van der Waals surface area contributed by atoms with E-state index < -0.39 is 0 Å². The predicted octanol–water partition coefficient (Wildman–Crippen LogP) is 1.31. The van der Waals surface area contributed by atoms with Crippen LogP contribution in [0.1, 0.15) is 26.3 Å². The minimum Gasteiger partial charge on any atom is -0.475 e. The standard InChI is InChI=1S/C14H24N4O2/c1-14(2,3)18-13(15)17-10-11-6-5-7-16-12(11)20-9-8-19-4/h5-7H,8-10H2,1-4H3,(H3,15,17,18). The van der Waals surface area contributed by atoms with Gasteiger partial charge in [-0.1, -0.05) is 6.07 Å². The Morgan fingerprint density at radius 1 is 1.40 bits per heavy atom. The van der Waals surface area contributed by atoms with E-state index in [1.165, 1.54) is 0 Å². The molecule has 0 bridgehead atoms. The Hall–Kier alpha value is -1.82. The molecule has 0 spiro atoms.